The fraction of sp³-hybridized carbons (Fsp3) is 0.143. The highest BCUT2D eigenvalue weighted by atomic mass is 19.1. The first kappa shape index (κ1) is 17.6. The molecule has 0 saturated carbocycles. The summed E-state index contributed by atoms with van der Waals surface area (Å²) in [5.74, 6) is 0.217. The van der Waals surface area contributed by atoms with E-state index in [0.717, 1.165) is 22.3 Å². The molecule has 3 aromatic rings. The largest absolute Gasteiger partial charge is 0.340 e. The smallest absolute Gasteiger partial charge is 0.145 e. The Kier molecular flexibility index (Phi) is 4.98. The summed E-state index contributed by atoms with van der Waals surface area (Å²) >= 11 is 0. The summed E-state index contributed by atoms with van der Waals surface area (Å²) in [5, 5.41) is 4.04. The average molecular weight is 348 g/mol. The number of anilines is 1. The van der Waals surface area contributed by atoms with Gasteiger partial charge in [0.2, 0.25) is 0 Å². The molecule has 4 nitrogen and oxygen atoms in total. The van der Waals surface area contributed by atoms with Crippen molar-refractivity contribution in [2.24, 2.45) is 7.05 Å². The molecule has 0 aliphatic heterocycles. The predicted octanol–water partition coefficient (Wildman–Crippen LogP) is 5.30. The summed E-state index contributed by atoms with van der Waals surface area (Å²) in [6.45, 7) is 7.32. The summed E-state index contributed by atoms with van der Waals surface area (Å²) in [5.41, 5.74) is 4.76. The first-order valence-corrected chi connectivity index (χ1v) is 8.34. The number of nitrogens with zero attached hydrogens (tertiary/aromatic N) is 3. The number of benzene rings is 1. The molecule has 26 heavy (non-hydrogen) atoms. The third-order valence-corrected chi connectivity index (χ3v) is 4.23. The first-order chi connectivity index (χ1) is 12.5. The van der Waals surface area contributed by atoms with E-state index in [-0.39, 0.29) is 0 Å². The van der Waals surface area contributed by atoms with E-state index in [0.29, 0.717) is 11.5 Å². The lowest BCUT2D eigenvalue weighted by molar-refractivity contribution is 0.666. The van der Waals surface area contributed by atoms with Crippen LogP contribution in [0.5, 0.6) is 0 Å². The van der Waals surface area contributed by atoms with Gasteiger partial charge in [-0.05, 0) is 37.6 Å². The van der Waals surface area contributed by atoms with Crippen molar-refractivity contribution in [1.29, 1.82) is 0 Å². The molecule has 1 N–H and O–H groups in total. The molecular formula is C21H21FN4. The second-order valence-electron chi connectivity index (χ2n) is 6.02. The van der Waals surface area contributed by atoms with Gasteiger partial charge in [0, 0.05) is 12.7 Å². The van der Waals surface area contributed by atoms with Crippen molar-refractivity contribution < 1.29 is 4.39 Å². The van der Waals surface area contributed by atoms with Gasteiger partial charge in [0.05, 0.1) is 11.1 Å². The van der Waals surface area contributed by atoms with Crippen LogP contribution in [0, 0.1) is 6.92 Å². The average Bonchev–Trinajstić information content (AvgIpc) is 2.99. The zero-order valence-corrected chi connectivity index (χ0v) is 15.1. The van der Waals surface area contributed by atoms with Crippen LogP contribution in [0.2, 0.25) is 0 Å². The number of aromatic nitrogens is 3. The topological polar surface area (TPSA) is 42.7 Å². The Morgan fingerprint density at radius 2 is 1.96 bits per heavy atom. The molecule has 0 aliphatic rings. The van der Waals surface area contributed by atoms with Crippen LogP contribution >= 0.6 is 0 Å². The van der Waals surface area contributed by atoms with Gasteiger partial charge < -0.3 is 9.88 Å². The summed E-state index contributed by atoms with van der Waals surface area (Å²) < 4.78 is 15.6. The molecule has 3 rings (SSSR count). The second kappa shape index (κ2) is 7.35. The van der Waals surface area contributed by atoms with Gasteiger partial charge in [-0.3, -0.25) is 0 Å². The van der Waals surface area contributed by atoms with E-state index in [2.05, 4.69) is 53.1 Å². The molecule has 1 aromatic carbocycles. The second-order valence-corrected chi connectivity index (χ2v) is 6.02. The third kappa shape index (κ3) is 3.42. The number of fused-ring (bicyclic) bond motifs is 1. The standard InChI is InChI=1S/C21H21FN4/c1-5-16(22)11-17(6-2)25-20-18-12-19(15-9-7-14(3)8-10-15)26(4)21(18)24-13-23-20/h5-13H,1H2,2-4H3,(H,23,24,25)/b16-11+,17-6+. The molecule has 2 aromatic heterocycles. The molecule has 0 amide bonds. The Morgan fingerprint density at radius 1 is 1.23 bits per heavy atom. The SMILES string of the molecule is C=C/C(F)=C\C(=C/C)Nc1ncnc2c1cc(-c1ccc(C)cc1)n2C. The van der Waals surface area contributed by atoms with E-state index in [1.54, 1.807) is 6.08 Å². The molecule has 0 aliphatic carbocycles. The number of halogens is 1. The maximum Gasteiger partial charge on any atom is 0.145 e. The van der Waals surface area contributed by atoms with Crippen LogP contribution in [0.1, 0.15) is 12.5 Å². The fourth-order valence-corrected chi connectivity index (χ4v) is 2.77. The van der Waals surface area contributed by atoms with E-state index >= 15 is 0 Å². The molecule has 5 heteroatoms. The lowest BCUT2D eigenvalue weighted by Crippen LogP contribution is -2.01. The molecule has 0 bridgehead atoms. The third-order valence-electron chi connectivity index (χ3n) is 4.23. The van der Waals surface area contributed by atoms with Crippen LogP contribution in [-0.2, 0) is 7.05 Å². The molecule has 132 valence electrons. The molecule has 2 heterocycles. The van der Waals surface area contributed by atoms with Gasteiger partial charge in [0.15, 0.2) is 0 Å². The highest BCUT2D eigenvalue weighted by Crippen LogP contribution is 2.30. The lowest BCUT2D eigenvalue weighted by atomic mass is 10.1. The molecule has 0 spiro atoms. The monoisotopic (exact) mass is 348 g/mol. The molecule has 0 saturated heterocycles. The highest BCUT2D eigenvalue weighted by molar-refractivity contribution is 5.93. The van der Waals surface area contributed by atoms with Gasteiger partial charge in [-0.1, -0.05) is 42.5 Å². The van der Waals surface area contributed by atoms with Crippen LogP contribution < -0.4 is 5.32 Å². The number of hydrogen-bond acceptors (Lipinski definition) is 3. The van der Waals surface area contributed by atoms with Crippen molar-refractivity contribution in [3.8, 4) is 11.3 Å². The first-order valence-electron chi connectivity index (χ1n) is 8.34. The van der Waals surface area contributed by atoms with Crippen molar-refractivity contribution in [2.45, 2.75) is 13.8 Å². The minimum Gasteiger partial charge on any atom is -0.340 e. The Hall–Kier alpha value is -3.21. The van der Waals surface area contributed by atoms with E-state index < -0.39 is 5.83 Å². The number of rotatable bonds is 5. The number of nitrogens with one attached hydrogen (secondary N) is 1. The van der Waals surface area contributed by atoms with Crippen molar-refractivity contribution in [3.05, 3.63) is 78.6 Å². The number of allylic oxidation sites excluding steroid dienone is 4. The van der Waals surface area contributed by atoms with Crippen molar-refractivity contribution in [3.63, 3.8) is 0 Å². The van der Waals surface area contributed by atoms with Crippen molar-refractivity contribution in [1.82, 2.24) is 14.5 Å². The molecule has 0 fully saturated rings. The Bertz CT molecular complexity index is 1010. The zero-order valence-electron chi connectivity index (χ0n) is 15.1. The van der Waals surface area contributed by atoms with E-state index in [1.807, 2.05) is 24.6 Å². The summed E-state index contributed by atoms with van der Waals surface area (Å²) in [7, 11) is 1.97. The fourth-order valence-electron chi connectivity index (χ4n) is 2.77. The van der Waals surface area contributed by atoms with E-state index in [1.165, 1.54) is 24.0 Å². The Balaban J connectivity index is 2.07. The number of aryl methyl sites for hydroxylation is 2. The summed E-state index contributed by atoms with van der Waals surface area (Å²) in [4.78, 5) is 8.74. The van der Waals surface area contributed by atoms with E-state index in [4.69, 9.17) is 0 Å². The number of hydrogen-bond donors (Lipinski definition) is 1. The molecular weight excluding hydrogens is 327 g/mol. The van der Waals surface area contributed by atoms with Gasteiger partial charge in [0.1, 0.15) is 23.6 Å². The van der Waals surface area contributed by atoms with Gasteiger partial charge in [-0.2, -0.15) is 0 Å². The van der Waals surface area contributed by atoms with Crippen LogP contribution in [-0.4, -0.2) is 14.5 Å². The quantitative estimate of drug-likeness (QED) is 0.636. The zero-order chi connectivity index (χ0) is 18.7. The summed E-state index contributed by atoms with van der Waals surface area (Å²) in [6, 6.07) is 10.4. The maximum absolute atomic E-state index is 13.5. The predicted molar refractivity (Wildman–Crippen MR) is 105 cm³/mol. The highest BCUT2D eigenvalue weighted by Gasteiger charge is 2.13. The van der Waals surface area contributed by atoms with Gasteiger partial charge in [0.25, 0.3) is 0 Å². The van der Waals surface area contributed by atoms with Crippen LogP contribution in [0.4, 0.5) is 10.2 Å². The van der Waals surface area contributed by atoms with Crippen molar-refractivity contribution in [2.75, 3.05) is 5.32 Å². The van der Waals surface area contributed by atoms with Crippen molar-refractivity contribution >= 4 is 16.9 Å². The van der Waals surface area contributed by atoms with Crippen LogP contribution in [0.25, 0.3) is 22.3 Å². The molecule has 0 radical (unpaired) electrons. The van der Waals surface area contributed by atoms with Crippen LogP contribution in [0.3, 0.4) is 0 Å². The van der Waals surface area contributed by atoms with Gasteiger partial charge in [-0.25, -0.2) is 14.4 Å². The summed E-state index contributed by atoms with van der Waals surface area (Å²) in [6.07, 6.45) is 5.83. The molecule has 0 atom stereocenters. The van der Waals surface area contributed by atoms with Gasteiger partial charge >= 0.3 is 0 Å². The Morgan fingerprint density at radius 3 is 2.62 bits per heavy atom. The van der Waals surface area contributed by atoms with E-state index in [9.17, 15) is 4.39 Å². The lowest BCUT2D eigenvalue weighted by Gasteiger charge is -2.07. The van der Waals surface area contributed by atoms with Gasteiger partial charge in [-0.15, -0.1) is 0 Å². The minimum absolute atomic E-state index is 0.413. The normalized spacial score (nSPS) is 12.5. The Labute approximate surface area is 152 Å². The van der Waals surface area contributed by atoms with Crippen LogP contribution in [0.15, 0.2) is 73.0 Å². The minimum atomic E-state index is -0.413. The maximum atomic E-state index is 13.5. The molecule has 0 unspecified atom stereocenters.